The van der Waals surface area contributed by atoms with E-state index in [0.717, 1.165) is 23.4 Å². The highest BCUT2D eigenvalue weighted by molar-refractivity contribution is 6.31. The molecular weight excluding hydrogens is 317 g/mol. The van der Waals surface area contributed by atoms with Gasteiger partial charge in [0.25, 0.3) is 5.91 Å². The average molecular weight is 336 g/mol. The fourth-order valence-corrected chi connectivity index (χ4v) is 2.34. The molecule has 122 valence electrons. The van der Waals surface area contributed by atoms with Crippen molar-refractivity contribution >= 4 is 17.5 Å². The van der Waals surface area contributed by atoms with Gasteiger partial charge in [-0.05, 0) is 55.7 Å². The van der Waals surface area contributed by atoms with Gasteiger partial charge in [0.15, 0.2) is 6.10 Å². The number of ether oxygens (including phenoxy) is 1. The third kappa shape index (κ3) is 5.57. The Kier molecular flexibility index (Phi) is 6.41. The van der Waals surface area contributed by atoms with E-state index in [1.807, 2.05) is 24.3 Å². The fraction of sp³-hybridized carbons (Fsp3) is 0.278. The zero-order chi connectivity index (χ0) is 16.7. The highest BCUT2D eigenvalue weighted by Crippen LogP contribution is 2.16. The Bertz CT molecular complexity index is 646. The predicted molar refractivity (Wildman–Crippen MR) is 89.3 cm³/mol. The van der Waals surface area contributed by atoms with Gasteiger partial charge < -0.3 is 10.1 Å². The van der Waals surface area contributed by atoms with Gasteiger partial charge in [-0.25, -0.2) is 4.39 Å². The molecule has 0 heterocycles. The number of amides is 1. The Balaban J connectivity index is 1.72. The molecule has 1 amide bonds. The Labute approximate surface area is 140 Å². The van der Waals surface area contributed by atoms with Gasteiger partial charge in [-0.3, -0.25) is 4.79 Å². The van der Waals surface area contributed by atoms with E-state index in [-0.39, 0.29) is 11.7 Å². The van der Waals surface area contributed by atoms with Crippen molar-refractivity contribution in [2.45, 2.75) is 25.9 Å². The van der Waals surface area contributed by atoms with Crippen LogP contribution in [0.25, 0.3) is 0 Å². The predicted octanol–water partition coefficient (Wildman–Crippen LogP) is 4.00. The average Bonchev–Trinajstić information content (AvgIpc) is 2.55. The number of hydrogen-bond donors (Lipinski definition) is 1. The first-order valence-electron chi connectivity index (χ1n) is 7.49. The number of hydrogen-bond acceptors (Lipinski definition) is 2. The van der Waals surface area contributed by atoms with Gasteiger partial charge in [-0.2, -0.15) is 0 Å². The molecule has 0 aliphatic heterocycles. The van der Waals surface area contributed by atoms with Gasteiger partial charge in [-0.1, -0.05) is 29.8 Å². The van der Waals surface area contributed by atoms with Crippen LogP contribution in [0, 0.1) is 5.82 Å². The summed E-state index contributed by atoms with van der Waals surface area (Å²) in [5.41, 5.74) is 1.07. The Morgan fingerprint density at radius 3 is 2.61 bits per heavy atom. The maximum Gasteiger partial charge on any atom is 0.260 e. The molecule has 0 saturated heterocycles. The Hall–Kier alpha value is -2.07. The van der Waals surface area contributed by atoms with E-state index in [2.05, 4.69) is 5.32 Å². The first-order chi connectivity index (χ1) is 11.1. The van der Waals surface area contributed by atoms with Gasteiger partial charge in [-0.15, -0.1) is 0 Å². The first kappa shape index (κ1) is 17.3. The molecule has 5 heteroatoms. The van der Waals surface area contributed by atoms with Crippen LogP contribution in [0.3, 0.4) is 0 Å². The van der Waals surface area contributed by atoms with Crippen molar-refractivity contribution in [1.29, 1.82) is 0 Å². The van der Waals surface area contributed by atoms with E-state index in [1.165, 1.54) is 24.3 Å². The molecule has 0 unspecified atom stereocenters. The molecule has 0 spiro atoms. The number of aryl methyl sites for hydroxylation is 1. The zero-order valence-electron chi connectivity index (χ0n) is 12.9. The van der Waals surface area contributed by atoms with E-state index >= 15 is 0 Å². The number of carbonyl (C=O) groups excluding carboxylic acids is 1. The highest BCUT2D eigenvalue weighted by atomic mass is 35.5. The molecule has 0 aliphatic carbocycles. The molecule has 0 saturated carbocycles. The minimum atomic E-state index is -0.638. The van der Waals surface area contributed by atoms with E-state index in [1.54, 1.807) is 6.92 Å². The van der Waals surface area contributed by atoms with Crippen molar-refractivity contribution in [3.05, 3.63) is 64.9 Å². The molecule has 0 bridgehead atoms. The lowest BCUT2D eigenvalue weighted by Gasteiger charge is -2.14. The second-order valence-electron chi connectivity index (χ2n) is 5.20. The first-order valence-corrected chi connectivity index (χ1v) is 7.87. The van der Waals surface area contributed by atoms with Crippen LogP contribution in [0.2, 0.25) is 5.02 Å². The van der Waals surface area contributed by atoms with Crippen LogP contribution in [0.4, 0.5) is 4.39 Å². The molecule has 1 atom stereocenters. The number of benzene rings is 2. The van der Waals surface area contributed by atoms with Crippen molar-refractivity contribution in [1.82, 2.24) is 5.32 Å². The van der Waals surface area contributed by atoms with E-state index in [9.17, 15) is 9.18 Å². The zero-order valence-corrected chi connectivity index (χ0v) is 13.6. The van der Waals surface area contributed by atoms with Crippen molar-refractivity contribution in [3.8, 4) is 5.75 Å². The van der Waals surface area contributed by atoms with E-state index in [0.29, 0.717) is 12.3 Å². The van der Waals surface area contributed by atoms with E-state index in [4.69, 9.17) is 16.3 Å². The maximum atomic E-state index is 12.8. The van der Waals surface area contributed by atoms with Crippen LogP contribution in [0.1, 0.15) is 18.9 Å². The van der Waals surface area contributed by atoms with Crippen molar-refractivity contribution in [2.75, 3.05) is 6.54 Å². The summed E-state index contributed by atoms with van der Waals surface area (Å²) < 4.78 is 18.3. The molecule has 3 nitrogen and oxygen atoms in total. The van der Waals surface area contributed by atoms with Crippen molar-refractivity contribution in [2.24, 2.45) is 0 Å². The molecule has 1 N–H and O–H groups in total. The van der Waals surface area contributed by atoms with Crippen LogP contribution in [-0.4, -0.2) is 18.6 Å². The lowest BCUT2D eigenvalue weighted by Crippen LogP contribution is -2.36. The van der Waals surface area contributed by atoms with Crippen molar-refractivity contribution < 1.29 is 13.9 Å². The topological polar surface area (TPSA) is 38.3 Å². The van der Waals surface area contributed by atoms with Crippen LogP contribution in [-0.2, 0) is 11.2 Å². The second kappa shape index (κ2) is 8.53. The summed E-state index contributed by atoms with van der Waals surface area (Å²) in [4.78, 5) is 12.0. The third-order valence-electron chi connectivity index (χ3n) is 3.38. The summed E-state index contributed by atoms with van der Waals surface area (Å²) in [6.07, 6.45) is 0.951. The maximum absolute atomic E-state index is 12.8. The van der Waals surface area contributed by atoms with E-state index < -0.39 is 6.10 Å². The molecule has 0 aliphatic rings. The summed E-state index contributed by atoms with van der Waals surface area (Å²) in [6.45, 7) is 2.20. The van der Waals surface area contributed by atoms with Crippen molar-refractivity contribution in [3.63, 3.8) is 0 Å². The van der Waals surface area contributed by atoms with Crippen LogP contribution < -0.4 is 10.1 Å². The quantitative estimate of drug-likeness (QED) is 0.777. The van der Waals surface area contributed by atoms with Gasteiger partial charge in [0.1, 0.15) is 11.6 Å². The van der Waals surface area contributed by atoms with Gasteiger partial charge in [0.2, 0.25) is 0 Å². The third-order valence-corrected chi connectivity index (χ3v) is 3.74. The normalized spacial score (nSPS) is 11.8. The minimum absolute atomic E-state index is 0.200. The Morgan fingerprint density at radius 1 is 1.22 bits per heavy atom. The number of halogens is 2. The smallest absolute Gasteiger partial charge is 0.260 e. The lowest BCUT2D eigenvalue weighted by atomic mass is 10.1. The lowest BCUT2D eigenvalue weighted by molar-refractivity contribution is -0.127. The van der Waals surface area contributed by atoms with Crippen LogP contribution in [0.15, 0.2) is 48.5 Å². The Morgan fingerprint density at radius 2 is 1.91 bits per heavy atom. The largest absolute Gasteiger partial charge is 0.481 e. The second-order valence-corrected chi connectivity index (χ2v) is 5.61. The van der Waals surface area contributed by atoms with Gasteiger partial charge in [0, 0.05) is 11.6 Å². The van der Waals surface area contributed by atoms with Gasteiger partial charge >= 0.3 is 0 Å². The molecule has 2 rings (SSSR count). The molecule has 0 radical (unpaired) electrons. The standard InChI is InChI=1S/C18H19ClFNO2/c1-13(23-16-10-8-15(20)9-11-16)18(22)21-12-4-6-14-5-2-3-7-17(14)19/h2-3,5,7-11,13H,4,6,12H2,1H3,(H,21,22)/t13-/m0/s1. The molecule has 0 fully saturated rings. The van der Waals surface area contributed by atoms with Crippen LogP contribution in [0.5, 0.6) is 5.75 Å². The molecule has 2 aromatic rings. The summed E-state index contributed by atoms with van der Waals surface area (Å²) in [7, 11) is 0. The summed E-state index contributed by atoms with van der Waals surface area (Å²) >= 11 is 6.08. The highest BCUT2D eigenvalue weighted by Gasteiger charge is 2.14. The molecule has 2 aromatic carbocycles. The van der Waals surface area contributed by atoms with Crippen LogP contribution >= 0.6 is 11.6 Å². The molecule has 23 heavy (non-hydrogen) atoms. The number of rotatable bonds is 7. The van der Waals surface area contributed by atoms with Gasteiger partial charge in [0.05, 0.1) is 0 Å². The number of carbonyl (C=O) groups is 1. The molecule has 0 aromatic heterocycles. The monoisotopic (exact) mass is 335 g/mol. The summed E-state index contributed by atoms with van der Waals surface area (Å²) in [6, 6.07) is 13.2. The summed E-state index contributed by atoms with van der Waals surface area (Å²) in [5, 5.41) is 3.57. The fourth-order valence-electron chi connectivity index (χ4n) is 2.11. The SMILES string of the molecule is C[C@H](Oc1ccc(F)cc1)C(=O)NCCCc1ccccc1Cl. The minimum Gasteiger partial charge on any atom is -0.481 e. The number of nitrogens with one attached hydrogen (secondary N) is 1. The molecular formula is C18H19ClFNO2. The summed E-state index contributed by atoms with van der Waals surface area (Å²) in [5.74, 6) is -0.0763.